The summed E-state index contributed by atoms with van der Waals surface area (Å²) in [6.45, 7) is 1.54. The van der Waals surface area contributed by atoms with Gasteiger partial charge in [-0.25, -0.2) is 0 Å². The Labute approximate surface area is 140 Å². The Balaban J connectivity index is 1.83. The number of Topliss-reactive ketones (excluding diaryl/α,β-unsaturated/α-hetero) is 1. The maximum Gasteiger partial charge on any atom is 0.193 e. The first-order chi connectivity index (χ1) is 11.5. The van der Waals surface area contributed by atoms with Gasteiger partial charge in [-0.3, -0.25) is 9.59 Å². The molecular weight excluding hydrogens is 300 g/mol. The molecule has 0 aliphatic carbocycles. The quantitative estimate of drug-likeness (QED) is 0.721. The number of aromatic hydroxyl groups is 1. The minimum absolute atomic E-state index is 0.0383. The fourth-order valence-electron chi connectivity index (χ4n) is 2.49. The lowest BCUT2D eigenvalue weighted by Gasteiger charge is -2.05. The third-order valence-corrected chi connectivity index (χ3v) is 3.90. The molecule has 24 heavy (non-hydrogen) atoms. The second kappa shape index (κ2) is 6.50. The maximum atomic E-state index is 12.4. The summed E-state index contributed by atoms with van der Waals surface area (Å²) >= 11 is 0. The average Bonchev–Trinajstić information content (AvgIpc) is 2.62. The molecule has 0 aromatic heterocycles. The van der Waals surface area contributed by atoms with Gasteiger partial charge in [0.15, 0.2) is 11.6 Å². The van der Waals surface area contributed by atoms with Crippen molar-refractivity contribution in [2.45, 2.75) is 6.92 Å². The van der Waals surface area contributed by atoms with E-state index in [1.807, 2.05) is 24.3 Å². The predicted octanol–water partition coefficient (Wildman–Crippen LogP) is 4.49. The molecule has 0 heterocycles. The van der Waals surface area contributed by atoms with Crippen LogP contribution in [0.3, 0.4) is 0 Å². The highest BCUT2D eigenvalue weighted by Gasteiger charge is 2.09. The van der Waals surface area contributed by atoms with Crippen molar-refractivity contribution in [2.75, 3.05) is 0 Å². The zero-order valence-corrected chi connectivity index (χ0v) is 13.2. The second-order valence-corrected chi connectivity index (χ2v) is 5.59. The molecule has 3 rings (SSSR count). The molecule has 3 aromatic rings. The molecule has 0 radical (unpaired) electrons. The van der Waals surface area contributed by atoms with Crippen molar-refractivity contribution in [3.05, 3.63) is 89.5 Å². The van der Waals surface area contributed by atoms with Crippen LogP contribution >= 0.6 is 0 Å². The van der Waals surface area contributed by atoms with E-state index in [4.69, 9.17) is 0 Å². The van der Waals surface area contributed by atoms with E-state index in [0.29, 0.717) is 16.7 Å². The Kier molecular flexibility index (Phi) is 4.25. The smallest absolute Gasteiger partial charge is 0.193 e. The van der Waals surface area contributed by atoms with Gasteiger partial charge in [-0.1, -0.05) is 48.5 Å². The van der Waals surface area contributed by atoms with Gasteiger partial charge in [0.2, 0.25) is 0 Å². The van der Waals surface area contributed by atoms with Gasteiger partial charge in [-0.15, -0.1) is 0 Å². The van der Waals surface area contributed by atoms with Crippen LogP contribution in [0, 0.1) is 0 Å². The Morgan fingerprint density at radius 2 is 1.00 bits per heavy atom. The topological polar surface area (TPSA) is 54.4 Å². The number of ketones is 2. The summed E-state index contributed by atoms with van der Waals surface area (Å²) in [5.41, 5.74) is 3.77. The molecule has 3 heteroatoms. The monoisotopic (exact) mass is 316 g/mol. The van der Waals surface area contributed by atoms with Gasteiger partial charge in [0.1, 0.15) is 5.75 Å². The van der Waals surface area contributed by atoms with E-state index in [0.717, 1.165) is 11.1 Å². The van der Waals surface area contributed by atoms with Crippen LogP contribution in [0.1, 0.15) is 33.2 Å². The molecule has 0 amide bonds. The van der Waals surface area contributed by atoms with E-state index in [9.17, 15) is 14.7 Å². The molecule has 1 N–H and O–H groups in total. The van der Waals surface area contributed by atoms with Crippen molar-refractivity contribution in [3.8, 4) is 16.9 Å². The van der Waals surface area contributed by atoms with Gasteiger partial charge < -0.3 is 5.11 Å². The van der Waals surface area contributed by atoms with Gasteiger partial charge >= 0.3 is 0 Å². The summed E-state index contributed by atoms with van der Waals surface area (Å²) < 4.78 is 0. The Morgan fingerprint density at radius 3 is 1.42 bits per heavy atom. The fraction of sp³-hybridized carbons (Fsp3) is 0.0476. The summed E-state index contributed by atoms with van der Waals surface area (Å²) in [4.78, 5) is 23.7. The van der Waals surface area contributed by atoms with E-state index in [2.05, 4.69) is 0 Å². The first-order valence-corrected chi connectivity index (χ1v) is 7.60. The Hall–Kier alpha value is -3.20. The van der Waals surface area contributed by atoms with Crippen molar-refractivity contribution in [1.82, 2.24) is 0 Å². The summed E-state index contributed by atoms with van der Waals surface area (Å²) in [6, 6.07) is 20.9. The van der Waals surface area contributed by atoms with Crippen LogP contribution in [0.25, 0.3) is 11.1 Å². The molecule has 0 fully saturated rings. The van der Waals surface area contributed by atoms with Crippen LogP contribution in [0.4, 0.5) is 0 Å². The van der Waals surface area contributed by atoms with E-state index >= 15 is 0 Å². The molecule has 0 saturated carbocycles. The van der Waals surface area contributed by atoms with Crippen molar-refractivity contribution in [3.63, 3.8) is 0 Å². The number of rotatable bonds is 4. The first kappa shape index (κ1) is 15.7. The molecule has 118 valence electrons. The largest absolute Gasteiger partial charge is 0.508 e. The lowest BCUT2D eigenvalue weighted by molar-refractivity contribution is 0.101. The number of carbonyl (C=O) groups is 2. The highest BCUT2D eigenvalue weighted by atomic mass is 16.3. The minimum Gasteiger partial charge on any atom is -0.508 e. The molecule has 0 unspecified atom stereocenters. The zero-order valence-electron chi connectivity index (χ0n) is 13.2. The van der Waals surface area contributed by atoms with E-state index in [1.165, 1.54) is 12.1 Å². The number of phenols is 1. The van der Waals surface area contributed by atoms with E-state index in [-0.39, 0.29) is 17.3 Å². The van der Waals surface area contributed by atoms with Gasteiger partial charge in [0.25, 0.3) is 0 Å². The van der Waals surface area contributed by atoms with Crippen LogP contribution in [0.15, 0.2) is 72.8 Å². The van der Waals surface area contributed by atoms with Gasteiger partial charge in [0, 0.05) is 16.7 Å². The number of benzene rings is 3. The molecular formula is C21H16O3. The van der Waals surface area contributed by atoms with Crippen LogP contribution in [-0.4, -0.2) is 16.7 Å². The number of carbonyl (C=O) groups excluding carboxylic acids is 2. The molecule has 0 aliphatic heterocycles. The molecule has 3 nitrogen and oxygen atoms in total. The predicted molar refractivity (Wildman–Crippen MR) is 93.4 cm³/mol. The van der Waals surface area contributed by atoms with Crippen LogP contribution in [0.5, 0.6) is 5.75 Å². The minimum atomic E-state index is -0.0894. The third-order valence-electron chi connectivity index (χ3n) is 3.90. The second-order valence-electron chi connectivity index (χ2n) is 5.59. The highest BCUT2D eigenvalue weighted by molar-refractivity contribution is 6.09. The van der Waals surface area contributed by atoms with Crippen LogP contribution < -0.4 is 0 Å². The molecule has 0 bridgehead atoms. The lowest BCUT2D eigenvalue weighted by atomic mass is 9.98. The van der Waals surface area contributed by atoms with Crippen molar-refractivity contribution >= 4 is 11.6 Å². The summed E-state index contributed by atoms with van der Waals surface area (Å²) in [6.07, 6.45) is 0. The summed E-state index contributed by atoms with van der Waals surface area (Å²) in [7, 11) is 0. The van der Waals surface area contributed by atoms with E-state index < -0.39 is 0 Å². The summed E-state index contributed by atoms with van der Waals surface area (Å²) in [5.74, 6) is 0.0841. The Bertz CT molecular complexity index is 874. The fourth-order valence-corrected chi connectivity index (χ4v) is 2.49. The number of hydrogen-bond acceptors (Lipinski definition) is 3. The normalized spacial score (nSPS) is 10.4. The summed E-state index contributed by atoms with van der Waals surface area (Å²) in [5, 5.41) is 9.29. The SMILES string of the molecule is CC(=O)c1ccc(-c2ccc(C(=O)c3ccc(O)cc3)cc2)cc1. The first-order valence-electron chi connectivity index (χ1n) is 7.60. The van der Waals surface area contributed by atoms with Gasteiger partial charge in [0.05, 0.1) is 0 Å². The molecule has 0 aliphatic rings. The maximum absolute atomic E-state index is 12.4. The van der Waals surface area contributed by atoms with E-state index in [1.54, 1.807) is 43.3 Å². The average molecular weight is 316 g/mol. The van der Waals surface area contributed by atoms with Gasteiger partial charge in [-0.2, -0.15) is 0 Å². The van der Waals surface area contributed by atoms with Crippen LogP contribution in [0.2, 0.25) is 0 Å². The molecule has 0 saturated heterocycles. The van der Waals surface area contributed by atoms with Crippen molar-refractivity contribution < 1.29 is 14.7 Å². The van der Waals surface area contributed by atoms with Crippen molar-refractivity contribution in [2.24, 2.45) is 0 Å². The molecule has 0 spiro atoms. The standard InChI is InChI=1S/C21H16O3/c1-14(22)15-2-4-16(5-3-15)17-6-8-18(9-7-17)21(24)19-10-12-20(23)13-11-19/h2-13,23H,1H3. The molecule has 0 atom stereocenters. The molecule has 3 aromatic carbocycles. The highest BCUT2D eigenvalue weighted by Crippen LogP contribution is 2.22. The third kappa shape index (κ3) is 3.25. The number of hydrogen-bond donors (Lipinski definition) is 1. The number of phenolic OH excluding ortho intramolecular Hbond substituents is 1. The Morgan fingerprint density at radius 1 is 0.625 bits per heavy atom. The van der Waals surface area contributed by atoms with Crippen molar-refractivity contribution in [1.29, 1.82) is 0 Å². The zero-order chi connectivity index (χ0) is 17.1. The van der Waals surface area contributed by atoms with Gasteiger partial charge in [-0.05, 0) is 42.3 Å². The lowest BCUT2D eigenvalue weighted by Crippen LogP contribution is -2.00. The van der Waals surface area contributed by atoms with Crippen LogP contribution in [-0.2, 0) is 0 Å².